The Balaban J connectivity index is 0.00000480. The van der Waals surface area contributed by atoms with Crippen LogP contribution in [0.2, 0.25) is 0 Å². The van der Waals surface area contributed by atoms with Crippen molar-refractivity contribution >= 4 is 67.7 Å². The number of ketones is 2. The molecule has 3 aliphatic carbocycles. The number of halogens is 5. The van der Waals surface area contributed by atoms with Gasteiger partial charge in [-0.15, -0.1) is 17.0 Å². The molecular weight excluding hydrogens is 747 g/mol. The number of hydrogen-bond acceptors (Lipinski definition) is 9. The third kappa shape index (κ3) is 5.40. The molecule has 0 aromatic heterocycles. The van der Waals surface area contributed by atoms with E-state index in [1.165, 1.54) is 31.1 Å². The lowest BCUT2D eigenvalue weighted by atomic mass is 9.57. The molecule has 0 spiro atoms. The Morgan fingerprint density at radius 2 is 1.70 bits per heavy atom. The largest absolute Gasteiger partial charge is 0.508 e. The molecular formula is C30H28Br2F3N3O8. The van der Waals surface area contributed by atoms with Gasteiger partial charge in [0.1, 0.15) is 27.7 Å². The molecule has 246 valence electrons. The number of fused-ring (bicyclic) bond motifs is 3. The van der Waals surface area contributed by atoms with E-state index in [0.29, 0.717) is 5.56 Å². The Bertz CT molecular complexity index is 1720. The number of phenolic OH excluding ortho intramolecular Hbond substituents is 1. The maximum absolute atomic E-state index is 13.9. The molecule has 3 aliphatic rings. The van der Waals surface area contributed by atoms with Gasteiger partial charge in [-0.25, -0.2) is 0 Å². The number of aliphatic hydroxyl groups is 3. The number of carbonyl (C=O) groups excluding carboxylic acids is 4. The van der Waals surface area contributed by atoms with Gasteiger partial charge < -0.3 is 31.5 Å². The molecule has 0 saturated heterocycles. The highest BCUT2D eigenvalue weighted by molar-refractivity contribution is 9.09. The van der Waals surface area contributed by atoms with Gasteiger partial charge in [-0.05, 0) is 62.2 Å². The fourth-order valence-electron chi connectivity index (χ4n) is 6.51. The summed E-state index contributed by atoms with van der Waals surface area (Å²) in [6.45, 7) is 0. The number of aliphatic hydroxyl groups excluding tert-OH is 2. The average molecular weight is 775 g/mol. The first-order valence-corrected chi connectivity index (χ1v) is 14.4. The number of alkyl halides is 4. The summed E-state index contributed by atoms with van der Waals surface area (Å²) in [7, 11) is 2.99. The number of rotatable bonds is 5. The lowest BCUT2D eigenvalue weighted by molar-refractivity contribution is -0.153. The molecule has 11 nitrogen and oxygen atoms in total. The summed E-state index contributed by atoms with van der Waals surface area (Å²) in [4.78, 5) is 52.4. The van der Waals surface area contributed by atoms with Crippen LogP contribution in [-0.2, 0) is 31.8 Å². The minimum Gasteiger partial charge on any atom is -0.508 e. The number of hydrogen-bond donors (Lipinski definition) is 6. The van der Waals surface area contributed by atoms with Crippen LogP contribution in [-0.4, -0.2) is 74.4 Å². The van der Waals surface area contributed by atoms with Crippen LogP contribution < -0.4 is 11.1 Å². The van der Waals surface area contributed by atoms with Gasteiger partial charge in [0.25, 0.3) is 5.91 Å². The second-order valence-electron chi connectivity index (χ2n) is 11.4. The van der Waals surface area contributed by atoms with Crippen LogP contribution in [0.1, 0.15) is 33.5 Å². The Labute approximate surface area is 278 Å². The number of nitrogens with one attached hydrogen (secondary N) is 1. The second kappa shape index (κ2) is 12.1. The minimum atomic E-state index is -4.56. The molecule has 0 aliphatic heterocycles. The van der Waals surface area contributed by atoms with Crippen molar-refractivity contribution in [3.8, 4) is 5.75 Å². The molecule has 0 radical (unpaired) electrons. The number of amides is 2. The van der Waals surface area contributed by atoms with Crippen LogP contribution in [0.15, 0.2) is 53.3 Å². The third-order valence-electron chi connectivity index (χ3n) is 8.61. The molecule has 0 bridgehead atoms. The molecule has 2 aromatic rings. The number of carbonyl (C=O) groups is 4. The summed E-state index contributed by atoms with van der Waals surface area (Å²) < 4.78 is 38.8. The van der Waals surface area contributed by atoms with E-state index in [0.717, 1.165) is 24.3 Å². The standard InChI is InChI=1S/C30H27BrF3N3O8.BrH/c1-37(2)21-15-10-13-9-12-5-8-16(36-28(44)20(31)11-3-6-14(7-4-11)30(32,33)34)22(38)17(12)23(39)18(13)25(41)29(15,45)26(42)19(24(21)40)27(35)43;/h3-8,13,15,20-21,38-39,42,45H,9-10H2,1-2H3,(H2,35,43)(H,36,44);1H/t13?,15?,20?,21-,29-;/m0./s1. The van der Waals surface area contributed by atoms with Crippen LogP contribution >= 0.6 is 32.9 Å². The first kappa shape index (κ1) is 35.1. The first-order chi connectivity index (χ1) is 20.9. The van der Waals surface area contributed by atoms with Crippen LogP contribution in [0.5, 0.6) is 5.75 Å². The van der Waals surface area contributed by atoms with Crippen molar-refractivity contribution in [2.75, 3.05) is 19.4 Å². The number of nitrogens with two attached hydrogens (primary N) is 1. The summed E-state index contributed by atoms with van der Waals surface area (Å²) >= 11 is 3.13. The van der Waals surface area contributed by atoms with Crippen molar-refractivity contribution in [3.63, 3.8) is 0 Å². The summed E-state index contributed by atoms with van der Waals surface area (Å²) in [5.41, 5.74) is 0.464. The Morgan fingerprint density at radius 1 is 1.09 bits per heavy atom. The van der Waals surface area contributed by atoms with Crippen molar-refractivity contribution < 1.29 is 52.8 Å². The van der Waals surface area contributed by atoms with Crippen LogP contribution in [0.25, 0.3) is 5.76 Å². The lowest BCUT2D eigenvalue weighted by Crippen LogP contribution is -2.65. The predicted molar refractivity (Wildman–Crippen MR) is 166 cm³/mol. The molecule has 7 N–H and O–H groups in total. The maximum atomic E-state index is 13.9. The van der Waals surface area contributed by atoms with Crippen molar-refractivity contribution in [2.24, 2.45) is 17.6 Å². The number of phenols is 1. The van der Waals surface area contributed by atoms with Gasteiger partial charge in [0.2, 0.25) is 11.7 Å². The second-order valence-corrected chi connectivity index (χ2v) is 12.3. The lowest BCUT2D eigenvalue weighted by Gasteiger charge is -2.50. The normalized spacial score (nSPS) is 24.9. The SMILES string of the molecule is Br.CN(C)[C@@H]1C(=O)C(C(N)=O)=C(O)[C@@]2(O)C(=O)C3=C(O)c4c(ccc(NC(=O)C(Br)c5ccc(C(F)(F)F)cc5)c4O)CC3CC12. The number of anilines is 1. The summed E-state index contributed by atoms with van der Waals surface area (Å²) in [5.74, 6) is -8.73. The molecule has 16 heteroatoms. The Morgan fingerprint density at radius 3 is 2.24 bits per heavy atom. The van der Waals surface area contributed by atoms with E-state index in [1.54, 1.807) is 0 Å². The monoisotopic (exact) mass is 773 g/mol. The van der Waals surface area contributed by atoms with Gasteiger partial charge in [0, 0.05) is 11.5 Å². The summed E-state index contributed by atoms with van der Waals surface area (Å²) in [6, 6.07) is 5.48. The smallest absolute Gasteiger partial charge is 0.416 e. The van der Waals surface area contributed by atoms with E-state index >= 15 is 0 Å². The van der Waals surface area contributed by atoms with E-state index in [2.05, 4.69) is 21.2 Å². The zero-order chi connectivity index (χ0) is 33.3. The third-order valence-corrected chi connectivity index (χ3v) is 9.56. The molecule has 46 heavy (non-hydrogen) atoms. The van der Waals surface area contributed by atoms with Gasteiger partial charge >= 0.3 is 6.18 Å². The molecule has 0 heterocycles. The van der Waals surface area contributed by atoms with Crippen molar-refractivity contribution in [1.82, 2.24) is 4.90 Å². The Hall–Kier alpha value is -3.73. The first-order valence-electron chi connectivity index (χ1n) is 13.5. The van der Waals surface area contributed by atoms with E-state index in [4.69, 9.17) is 5.73 Å². The fraction of sp³-hybridized carbons (Fsp3) is 0.333. The molecule has 3 unspecified atom stereocenters. The van der Waals surface area contributed by atoms with E-state index < -0.39 is 86.3 Å². The van der Waals surface area contributed by atoms with Crippen molar-refractivity contribution in [1.29, 1.82) is 0 Å². The topological polar surface area (TPSA) is 190 Å². The van der Waals surface area contributed by atoms with Gasteiger partial charge in [0.15, 0.2) is 11.4 Å². The number of benzene rings is 2. The highest BCUT2D eigenvalue weighted by Crippen LogP contribution is 2.53. The quantitative estimate of drug-likeness (QED) is 0.150. The number of likely N-dealkylation sites (N-methyl/N-ethyl adjacent to an activating group) is 1. The number of primary amides is 1. The van der Waals surface area contributed by atoms with E-state index in [-0.39, 0.29) is 52.2 Å². The van der Waals surface area contributed by atoms with Crippen LogP contribution in [0, 0.1) is 11.8 Å². The Kier molecular flexibility index (Phi) is 9.27. The highest BCUT2D eigenvalue weighted by atomic mass is 79.9. The molecule has 5 rings (SSSR count). The summed E-state index contributed by atoms with van der Waals surface area (Å²) in [6.07, 6.45) is -4.59. The van der Waals surface area contributed by atoms with Crippen LogP contribution in [0.3, 0.4) is 0 Å². The zero-order valence-corrected chi connectivity index (χ0v) is 27.4. The average Bonchev–Trinajstić information content (AvgIpc) is 2.95. The predicted octanol–water partition coefficient (Wildman–Crippen LogP) is 3.64. The van der Waals surface area contributed by atoms with E-state index in [1.807, 2.05) is 0 Å². The van der Waals surface area contributed by atoms with Gasteiger partial charge in [-0.2, -0.15) is 13.2 Å². The van der Waals surface area contributed by atoms with Crippen molar-refractivity contribution in [3.05, 3.63) is 75.6 Å². The minimum absolute atomic E-state index is 0. The van der Waals surface area contributed by atoms with Gasteiger partial charge in [-0.3, -0.25) is 24.1 Å². The number of aromatic hydroxyl groups is 1. The fourth-order valence-corrected chi connectivity index (χ4v) is 6.93. The molecule has 2 amide bonds. The van der Waals surface area contributed by atoms with Crippen LogP contribution in [0.4, 0.5) is 18.9 Å². The maximum Gasteiger partial charge on any atom is 0.416 e. The van der Waals surface area contributed by atoms with Gasteiger partial charge in [0.05, 0.1) is 22.9 Å². The van der Waals surface area contributed by atoms with Gasteiger partial charge in [-0.1, -0.05) is 34.1 Å². The highest BCUT2D eigenvalue weighted by Gasteiger charge is 2.64. The number of Topliss-reactive ketones (excluding diaryl/α,β-unsaturated/α-hetero) is 2. The number of nitrogens with zero attached hydrogens (tertiary/aromatic N) is 1. The molecule has 1 saturated carbocycles. The van der Waals surface area contributed by atoms with E-state index in [9.17, 15) is 52.8 Å². The zero-order valence-electron chi connectivity index (χ0n) is 24.1. The molecule has 1 fully saturated rings. The van der Waals surface area contributed by atoms with Crippen molar-refractivity contribution in [2.45, 2.75) is 35.5 Å². The molecule has 5 atom stereocenters. The molecule has 2 aromatic carbocycles. The summed E-state index contributed by atoms with van der Waals surface area (Å²) in [5, 5.41) is 47.5.